The highest BCUT2D eigenvalue weighted by atomic mass is 16.5. The molecule has 0 bridgehead atoms. The molecule has 0 aliphatic carbocycles. The number of nitrogens with zero attached hydrogens (tertiary/aromatic N) is 1. The van der Waals surface area contributed by atoms with Gasteiger partial charge in [-0.3, -0.25) is 4.79 Å². The summed E-state index contributed by atoms with van der Waals surface area (Å²) in [4.78, 5) is 13.7. The summed E-state index contributed by atoms with van der Waals surface area (Å²) in [6, 6.07) is 0. The Morgan fingerprint density at radius 3 is 2.53 bits per heavy atom. The number of hydrogen-bond acceptors (Lipinski definition) is 4. The van der Waals surface area contributed by atoms with Crippen molar-refractivity contribution in [1.29, 1.82) is 0 Å². The van der Waals surface area contributed by atoms with Gasteiger partial charge >= 0.3 is 5.97 Å². The second kappa shape index (κ2) is 12.4. The fourth-order valence-electron chi connectivity index (χ4n) is 1.91. The molecule has 1 N–H and O–H groups in total. The van der Waals surface area contributed by atoms with E-state index in [0.29, 0.717) is 6.42 Å². The average Bonchev–Trinajstić information content (AvgIpc) is 2.32. The quantitative estimate of drug-likeness (QED) is 0.438. The third-order valence-electron chi connectivity index (χ3n) is 2.97. The summed E-state index contributed by atoms with van der Waals surface area (Å²) in [7, 11) is 4.18. The zero-order valence-corrected chi connectivity index (χ0v) is 13.2. The lowest BCUT2D eigenvalue weighted by molar-refractivity contribution is -0.148. The zero-order chi connectivity index (χ0) is 14.5. The van der Waals surface area contributed by atoms with E-state index in [9.17, 15) is 4.79 Å². The third-order valence-corrected chi connectivity index (χ3v) is 2.97. The lowest BCUT2D eigenvalue weighted by atomic mass is 10.2. The number of esters is 1. The molecule has 1 atom stereocenters. The van der Waals surface area contributed by atoms with Gasteiger partial charge in [0.2, 0.25) is 0 Å². The van der Waals surface area contributed by atoms with Gasteiger partial charge in [-0.15, -0.1) is 0 Å². The summed E-state index contributed by atoms with van der Waals surface area (Å²) in [5.74, 6) is -0.0476. The maximum atomic E-state index is 11.5. The molecule has 0 aromatic heterocycles. The number of unbranched alkanes of at least 4 members (excludes halogenated alkanes) is 1. The minimum atomic E-state index is -0.0476. The average molecular weight is 272 g/mol. The van der Waals surface area contributed by atoms with Gasteiger partial charge in [0.1, 0.15) is 0 Å². The van der Waals surface area contributed by atoms with Gasteiger partial charge in [0.25, 0.3) is 0 Å². The Morgan fingerprint density at radius 1 is 1.21 bits per heavy atom. The van der Waals surface area contributed by atoms with Gasteiger partial charge in [-0.05, 0) is 66.3 Å². The molecule has 0 rings (SSSR count). The maximum absolute atomic E-state index is 11.5. The van der Waals surface area contributed by atoms with Gasteiger partial charge in [0.15, 0.2) is 0 Å². The van der Waals surface area contributed by atoms with Gasteiger partial charge in [0, 0.05) is 6.42 Å². The second-order valence-electron chi connectivity index (χ2n) is 5.45. The molecular formula is C15H32N2O2. The van der Waals surface area contributed by atoms with E-state index in [1.165, 1.54) is 6.42 Å². The van der Waals surface area contributed by atoms with Crippen LogP contribution in [0.25, 0.3) is 0 Å². The smallest absolute Gasteiger partial charge is 0.306 e. The molecule has 4 nitrogen and oxygen atoms in total. The van der Waals surface area contributed by atoms with Crippen molar-refractivity contribution < 1.29 is 9.53 Å². The van der Waals surface area contributed by atoms with Crippen LogP contribution in [-0.4, -0.2) is 50.7 Å². The number of carbonyl (C=O) groups is 1. The summed E-state index contributed by atoms with van der Waals surface area (Å²) in [6.07, 6.45) is 5.76. The SMILES string of the molecule is CCCC(C)OC(=O)CCCCNCCCN(C)C. The molecule has 0 aliphatic rings. The second-order valence-corrected chi connectivity index (χ2v) is 5.45. The normalized spacial score (nSPS) is 12.7. The molecule has 1 unspecified atom stereocenters. The van der Waals surface area contributed by atoms with E-state index < -0.39 is 0 Å². The summed E-state index contributed by atoms with van der Waals surface area (Å²) in [5.41, 5.74) is 0. The molecule has 0 heterocycles. The molecule has 0 radical (unpaired) electrons. The zero-order valence-electron chi connectivity index (χ0n) is 13.2. The highest BCUT2D eigenvalue weighted by Crippen LogP contribution is 2.04. The van der Waals surface area contributed by atoms with Crippen LogP contribution in [0.2, 0.25) is 0 Å². The molecule has 0 aromatic carbocycles. The number of carbonyl (C=O) groups excluding carboxylic acids is 1. The molecule has 0 fully saturated rings. The molecule has 0 saturated heterocycles. The minimum Gasteiger partial charge on any atom is -0.463 e. The maximum Gasteiger partial charge on any atom is 0.306 e. The van der Waals surface area contributed by atoms with E-state index in [-0.39, 0.29) is 12.1 Å². The number of rotatable bonds is 12. The van der Waals surface area contributed by atoms with Gasteiger partial charge in [-0.1, -0.05) is 13.3 Å². The summed E-state index contributed by atoms with van der Waals surface area (Å²) >= 11 is 0. The molecule has 0 amide bonds. The predicted octanol–water partition coefficient (Wildman–Crippen LogP) is 2.43. The van der Waals surface area contributed by atoms with E-state index in [1.54, 1.807) is 0 Å². The van der Waals surface area contributed by atoms with Crippen molar-refractivity contribution in [2.24, 2.45) is 0 Å². The van der Waals surface area contributed by atoms with E-state index in [1.807, 2.05) is 6.92 Å². The lowest BCUT2D eigenvalue weighted by Crippen LogP contribution is -2.22. The van der Waals surface area contributed by atoms with Crippen molar-refractivity contribution in [3.63, 3.8) is 0 Å². The van der Waals surface area contributed by atoms with Crippen LogP contribution in [0.1, 0.15) is 52.4 Å². The van der Waals surface area contributed by atoms with E-state index in [0.717, 1.165) is 45.3 Å². The number of hydrogen-bond donors (Lipinski definition) is 1. The van der Waals surface area contributed by atoms with Crippen LogP contribution >= 0.6 is 0 Å². The van der Waals surface area contributed by atoms with Gasteiger partial charge in [-0.2, -0.15) is 0 Å². The lowest BCUT2D eigenvalue weighted by Gasteiger charge is -2.12. The molecule has 0 spiro atoms. The van der Waals surface area contributed by atoms with Crippen molar-refractivity contribution in [3.8, 4) is 0 Å². The first-order chi connectivity index (χ1) is 9.06. The van der Waals surface area contributed by atoms with Crippen molar-refractivity contribution in [1.82, 2.24) is 10.2 Å². The summed E-state index contributed by atoms with van der Waals surface area (Å²) in [5, 5.41) is 3.40. The molecular weight excluding hydrogens is 240 g/mol. The van der Waals surface area contributed by atoms with Crippen molar-refractivity contribution >= 4 is 5.97 Å². The van der Waals surface area contributed by atoms with Gasteiger partial charge in [-0.25, -0.2) is 0 Å². The van der Waals surface area contributed by atoms with Crippen molar-refractivity contribution in [2.45, 2.75) is 58.5 Å². The van der Waals surface area contributed by atoms with Crippen LogP contribution in [0, 0.1) is 0 Å². The van der Waals surface area contributed by atoms with Crippen LogP contribution < -0.4 is 5.32 Å². The summed E-state index contributed by atoms with van der Waals surface area (Å²) < 4.78 is 5.30. The topological polar surface area (TPSA) is 41.6 Å². The van der Waals surface area contributed by atoms with Crippen LogP contribution in [0.5, 0.6) is 0 Å². The standard InChI is InChI=1S/C15H32N2O2/c1-5-9-14(2)19-15(18)10-6-7-11-16-12-8-13-17(3)4/h14,16H,5-13H2,1-4H3. The fourth-order valence-corrected chi connectivity index (χ4v) is 1.91. The monoisotopic (exact) mass is 272 g/mol. The first-order valence-electron chi connectivity index (χ1n) is 7.61. The Hall–Kier alpha value is -0.610. The highest BCUT2D eigenvalue weighted by Gasteiger charge is 2.07. The minimum absolute atomic E-state index is 0.0476. The molecule has 114 valence electrons. The van der Waals surface area contributed by atoms with Crippen molar-refractivity contribution in [2.75, 3.05) is 33.7 Å². The Kier molecular flexibility index (Phi) is 12.0. The van der Waals surface area contributed by atoms with Crippen LogP contribution in [0.15, 0.2) is 0 Å². The Morgan fingerprint density at radius 2 is 1.89 bits per heavy atom. The fraction of sp³-hybridized carbons (Fsp3) is 0.933. The van der Waals surface area contributed by atoms with E-state index >= 15 is 0 Å². The molecule has 4 heteroatoms. The molecule has 0 aliphatic heterocycles. The van der Waals surface area contributed by atoms with Crippen LogP contribution in [0.4, 0.5) is 0 Å². The third kappa shape index (κ3) is 13.6. The molecule has 19 heavy (non-hydrogen) atoms. The van der Waals surface area contributed by atoms with Crippen molar-refractivity contribution in [3.05, 3.63) is 0 Å². The highest BCUT2D eigenvalue weighted by molar-refractivity contribution is 5.69. The molecule has 0 aromatic rings. The number of nitrogens with one attached hydrogen (secondary N) is 1. The Bertz CT molecular complexity index is 220. The van der Waals surface area contributed by atoms with Crippen LogP contribution in [0.3, 0.4) is 0 Å². The largest absolute Gasteiger partial charge is 0.463 e. The molecule has 0 saturated carbocycles. The van der Waals surface area contributed by atoms with Gasteiger partial charge in [0.05, 0.1) is 6.10 Å². The van der Waals surface area contributed by atoms with E-state index in [2.05, 4.69) is 31.2 Å². The van der Waals surface area contributed by atoms with E-state index in [4.69, 9.17) is 4.74 Å². The Labute approximate surface area is 118 Å². The van der Waals surface area contributed by atoms with Crippen LogP contribution in [-0.2, 0) is 9.53 Å². The first kappa shape index (κ1) is 18.4. The number of ether oxygens (including phenoxy) is 1. The Balaban J connectivity index is 3.27. The predicted molar refractivity (Wildman–Crippen MR) is 80.4 cm³/mol. The van der Waals surface area contributed by atoms with Gasteiger partial charge < -0.3 is 15.0 Å². The summed E-state index contributed by atoms with van der Waals surface area (Å²) in [6.45, 7) is 7.23. The first-order valence-corrected chi connectivity index (χ1v) is 7.61.